The number of benzene rings is 2. The molecule has 0 radical (unpaired) electrons. The van der Waals surface area contributed by atoms with E-state index in [0.29, 0.717) is 12.1 Å². The molecule has 2 bridgehead atoms. The molecule has 0 spiro atoms. The Morgan fingerprint density at radius 1 is 1.03 bits per heavy atom. The molecule has 2 aromatic carbocycles. The van der Waals surface area contributed by atoms with E-state index in [0.717, 1.165) is 18.2 Å². The molecule has 2 heterocycles. The lowest BCUT2D eigenvalue weighted by atomic mass is 9.73. The van der Waals surface area contributed by atoms with Crippen LogP contribution in [0.25, 0.3) is 0 Å². The summed E-state index contributed by atoms with van der Waals surface area (Å²) in [5, 5.41) is 12.5. The van der Waals surface area contributed by atoms with Crippen molar-refractivity contribution in [3.8, 4) is 0 Å². The van der Waals surface area contributed by atoms with E-state index in [1.54, 1.807) is 0 Å². The summed E-state index contributed by atoms with van der Waals surface area (Å²) in [6.07, 6.45) is -12.4. The third-order valence-corrected chi connectivity index (χ3v) is 5.77. The normalized spacial score (nSPS) is 27.6. The average Bonchev–Trinajstić information content (AvgIpc) is 3.25. The van der Waals surface area contributed by atoms with Crippen molar-refractivity contribution in [1.29, 1.82) is 0 Å². The van der Waals surface area contributed by atoms with Gasteiger partial charge in [-0.05, 0) is 29.8 Å². The second-order valence-corrected chi connectivity index (χ2v) is 7.80. The highest BCUT2D eigenvalue weighted by molar-refractivity contribution is 5.94. The van der Waals surface area contributed by atoms with Gasteiger partial charge in [0.05, 0.1) is 35.4 Å². The van der Waals surface area contributed by atoms with Crippen LogP contribution in [-0.2, 0) is 21.9 Å². The van der Waals surface area contributed by atoms with Crippen LogP contribution < -0.4 is 5.32 Å². The van der Waals surface area contributed by atoms with Crippen LogP contribution >= 0.6 is 0 Å². The molecule has 32 heavy (non-hydrogen) atoms. The molecule has 4 rings (SSSR count). The summed E-state index contributed by atoms with van der Waals surface area (Å²) < 4.78 is 97.4. The number of hydrogen-bond acceptors (Lipinski definition) is 3. The molecule has 172 valence electrons. The van der Waals surface area contributed by atoms with E-state index >= 15 is 0 Å². The van der Waals surface area contributed by atoms with Crippen molar-refractivity contribution in [2.24, 2.45) is 5.92 Å². The van der Waals surface area contributed by atoms with Crippen molar-refractivity contribution >= 4 is 11.6 Å². The highest BCUT2D eigenvalue weighted by Gasteiger charge is 2.57. The Morgan fingerprint density at radius 3 is 2.41 bits per heavy atom. The van der Waals surface area contributed by atoms with Gasteiger partial charge in [-0.25, -0.2) is 4.39 Å². The van der Waals surface area contributed by atoms with Gasteiger partial charge in [-0.3, -0.25) is 4.79 Å². The first-order chi connectivity index (χ1) is 14.9. The molecule has 1 amide bonds. The quantitative estimate of drug-likeness (QED) is 0.647. The fourth-order valence-electron chi connectivity index (χ4n) is 4.41. The molecule has 0 unspecified atom stereocenters. The van der Waals surface area contributed by atoms with Crippen molar-refractivity contribution < 1.29 is 45.4 Å². The van der Waals surface area contributed by atoms with Gasteiger partial charge in [0.1, 0.15) is 5.82 Å². The second-order valence-electron chi connectivity index (χ2n) is 7.80. The first-order valence-corrected chi connectivity index (χ1v) is 9.54. The van der Waals surface area contributed by atoms with Gasteiger partial charge in [0.15, 0.2) is 0 Å². The van der Waals surface area contributed by atoms with Crippen LogP contribution in [0.15, 0.2) is 42.5 Å². The van der Waals surface area contributed by atoms with E-state index in [1.165, 1.54) is 12.1 Å². The number of fused-ring (bicyclic) bond motifs is 2. The zero-order chi connectivity index (χ0) is 23.4. The maximum Gasteiger partial charge on any atom is 0.419 e. The zero-order valence-corrected chi connectivity index (χ0v) is 16.0. The number of carbonyl (C=O) groups excluding carboxylic acids is 1. The summed E-state index contributed by atoms with van der Waals surface area (Å²) >= 11 is 0. The highest BCUT2D eigenvalue weighted by Crippen LogP contribution is 2.50. The van der Waals surface area contributed by atoms with Crippen LogP contribution in [0, 0.1) is 11.7 Å². The number of anilines is 1. The molecule has 11 heteroatoms. The van der Waals surface area contributed by atoms with Crippen LogP contribution in [0.1, 0.15) is 29.0 Å². The summed E-state index contributed by atoms with van der Waals surface area (Å²) in [6.45, 7) is 0. The van der Waals surface area contributed by atoms with Crippen molar-refractivity contribution in [3.05, 3.63) is 65.0 Å². The summed E-state index contributed by atoms with van der Waals surface area (Å²) in [6, 6.07) is 6.21. The molecular weight excluding hydrogens is 447 g/mol. The Hall–Kier alpha value is -2.66. The number of carbonyl (C=O) groups is 1. The fraction of sp³-hybridized carbons (Fsp3) is 0.381. The lowest BCUT2D eigenvalue weighted by Crippen LogP contribution is -2.41. The minimum atomic E-state index is -4.98. The standard InChI is InChI=1S/C21H16F7NO3/c22-13-5-4-11(7-12(13)21(26,27)28)29-19(31)17-15-8-14(30)18(32-15)16(17)9-2-1-3-10(6-9)20(23,24)25/h1-7,14-18,30H,8H2,(H,29,31)/t14-,15+,16+,17-,18-/m0/s1. The van der Waals surface area contributed by atoms with Gasteiger partial charge in [-0.1, -0.05) is 18.2 Å². The largest absolute Gasteiger partial charge is 0.419 e. The van der Waals surface area contributed by atoms with Gasteiger partial charge < -0.3 is 15.2 Å². The molecule has 2 aliphatic rings. The van der Waals surface area contributed by atoms with Gasteiger partial charge in [0.25, 0.3) is 0 Å². The number of alkyl halides is 6. The Bertz CT molecular complexity index is 1040. The van der Waals surface area contributed by atoms with Crippen molar-refractivity contribution in [2.75, 3.05) is 5.32 Å². The number of ether oxygens (including phenoxy) is 1. The van der Waals surface area contributed by atoms with Crippen LogP contribution in [-0.4, -0.2) is 29.3 Å². The monoisotopic (exact) mass is 463 g/mol. The number of hydrogen-bond donors (Lipinski definition) is 2. The van der Waals surface area contributed by atoms with Gasteiger partial charge in [0.2, 0.25) is 5.91 Å². The molecule has 0 saturated carbocycles. The number of amides is 1. The number of nitrogens with one attached hydrogen (secondary N) is 1. The second kappa shape index (κ2) is 7.73. The van der Waals surface area contributed by atoms with Crippen LogP contribution in [0.4, 0.5) is 36.4 Å². The topological polar surface area (TPSA) is 58.6 Å². The molecule has 2 N–H and O–H groups in total. The summed E-state index contributed by atoms with van der Waals surface area (Å²) in [7, 11) is 0. The lowest BCUT2D eigenvalue weighted by Gasteiger charge is -2.30. The molecule has 0 aliphatic carbocycles. The Morgan fingerprint density at radius 2 is 1.75 bits per heavy atom. The third kappa shape index (κ3) is 4.06. The Balaban J connectivity index is 1.65. The van der Waals surface area contributed by atoms with E-state index in [2.05, 4.69) is 5.32 Å². The summed E-state index contributed by atoms with van der Waals surface area (Å²) in [4.78, 5) is 13.0. The molecule has 2 saturated heterocycles. The minimum absolute atomic E-state index is 0.0510. The van der Waals surface area contributed by atoms with E-state index in [1.807, 2.05) is 0 Å². The van der Waals surface area contributed by atoms with Gasteiger partial charge in [-0.2, -0.15) is 26.3 Å². The van der Waals surface area contributed by atoms with E-state index in [9.17, 15) is 40.6 Å². The predicted octanol–water partition coefficient (Wildman–Crippen LogP) is 4.73. The highest BCUT2D eigenvalue weighted by atomic mass is 19.4. The molecule has 2 fully saturated rings. The van der Waals surface area contributed by atoms with E-state index in [4.69, 9.17) is 4.74 Å². The fourth-order valence-corrected chi connectivity index (χ4v) is 4.41. The van der Waals surface area contributed by atoms with Crippen LogP contribution in [0.2, 0.25) is 0 Å². The molecule has 5 atom stereocenters. The molecule has 2 aliphatic heterocycles. The minimum Gasteiger partial charge on any atom is -0.390 e. The Labute approximate surface area is 177 Å². The first kappa shape index (κ1) is 22.5. The lowest BCUT2D eigenvalue weighted by molar-refractivity contribution is -0.140. The van der Waals surface area contributed by atoms with Crippen molar-refractivity contribution in [2.45, 2.75) is 43.0 Å². The number of halogens is 7. The maximum absolute atomic E-state index is 13.5. The molecule has 2 aromatic rings. The summed E-state index contributed by atoms with van der Waals surface area (Å²) in [5.74, 6) is -4.32. The van der Waals surface area contributed by atoms with Gasteiger partial charge >= 0.3 is 12.4 Å². The first-order valence-electron chi connectivity index (χ1n) is 9.54. The number of aliphatic hydroxyl groups excluding tert-OH is 1. The average molecular weight is 463 g/mol. The smallest absolute Gasteiger partial charge is 0.390 e. The van der Waals surface area contributed by atoms with Crippen molar-refractivity contribution in [1.82, 2.24) is 0 Å². The van der Waals surface area contributed by atoms with Crippen LogP contribution in [0.5, 0.6) is 0 Å². The predicted molar refractivity (Wildman–Crippen MR) is 97.0 cm³/mol. The van der Waals surface area contributed by atoms with Crippen LogP contribution in [0.3, 0.4) is 0 Å². The van der Waals surface area contributed by atoms with E-state index in [-0.39, 0.29) is 17.7 Å². The number of aliphatic hydroxyl groups is 1. The number of rotatable bonds is 3. The van der Waals surface area contributed by atoms with Gasteiger partial charge in [-0.15, -0.1) is 0 Å². The Kier molecular flexibility index (Phi) is 5.44. The third-order valence-electron chi connectivity index (χ3n) is 5.77. The van der Waals surface area contributed by atoms with Gasteiger partial charge in [0, 0.05) is 18.0 Å². The SMILES string of the molecule is O=C(Nc1ccc(F)c(C(F)(F)F)c1)[C@@H]1[C@@H](c2cccc(C(F)(F)F)c2)[C@H]2O[C@@H]1C[C@@H]2O. The molecule has 4 nitrogen and oxygen atoms in total. The summed E-state index contributed by atoms with van der Waals surface area (Å²) in [5.41, 5.74) is -2.72. The zero-order valence-electron chi connectivity index (χ0n) is 16.0. The molecule has 0 aromatic heterocycles. The van der Waals surface area contributed by atoms with Crippen molar-refractivity contribution in [3.63, 3.8) is 0 Å². The van der Waals surface area contributed by atoms with E-state index < -0.39 is 65.4 Å². The molecular formula is C21H16F7NO3. The maximum atomic E-state index is 13.5.